The fraction of sp³-hybridized carbons (Fsp3) is 0.562. The topological polar surface area (TPSA) is 20.3 Å². The molecule has 0 spiro atoms. The van der Waals surface area contributed by atoms with E-state index in [9.17, 15) is 4.79 Å². The lowest BCUT2D eigenvalue weighted by molar-refractivity contribution is 0.112. The molecule has 1 saturated heterocycles. The van der Waals surface area contributed by atoms with E-state index in [1.165, 1.54) is 37.9 Å². The van der Waals surface area contributed by atoms with Crippen LogP contribution in [0.1, 0.15) is 53.6 Å². The van der Waals surface area contributed by atoms with Gasteiger partial charge >= 0.3 is 0 Å². The number of nitrogens with zero attached hydrogens (tertiary/aromatic N) is 1. The van der Waals surface area contributed by atoms with Gasteiger partial charge in [-0.1, -0.05) is 31.0 Å². The molecular formula is C16H23NO. The van der Waals surface area contributed by atoms with Crippen LogP contribution in [0, 0.1) is 6.92 Å². The Morgan fingerprint density at radius 2 is 2.00 bits per heavy atom. The van der Waals surface area contributed by atoms with E-state index in [0.29, 0.717) is 5.92 Å². The second kappa shape index (κ2) is 6.14. The molecule has 0 bridgehead atoms. The lowest BCUT2D eigenvalue weighted by Gasteiger charge is -2.29. The quantitative estimate of drug-likeness (QED) is 0.758. The predicted molar refractivity (Wildman–Crippen MR) is 75.3 cm³/mol. The number of benzene rings is 1. The average Bonchev–Trinajstić information content (AvgIpc) is 2.39. The largest absolute Gasteiger partial charge is 0.303 e. The minimum absolute atomic E-state index is 0.434. The average molecular weight is 245 g/mol. The summed E-state index contributed by atoms with van der Waals surface area (Å²) in [6.45, 7) is 7.77. The first-order valence-electron chi connectivity index (χ1n) is 6.99. The highest BCUT2D eigenvalue weighted by atomic mass is 16.1. The number of aryl methyl sites for hydroxylation is 1. The number of piperidine rings is 1. The van der Waals surface area contributed by atoms with E-state index >= 15 is 0 Å². The van der Waals surface area contributed by atoms with Crippen LogP contribution in [0.5, 0.6) is 0 Å². The number of hydrogen-bond donors (Lipinski definition) is 0. The fourth-order valence-corrected chi connectivity index (χ4v) is 2.87. The molecule has 0 N–H and O–H groups in total. The molecule has 2 heteroatoms. The summed E-state index contributed by atoms with van der Waals surface area (Å²) in [6, 6.07) is 6.22. The standard InChI is InChI=1S/C16H23NO/c1-13-6-7-16(15(10-13)12-18)14(2)11-17-8-4-3-5-9-17/h6-7,10,12,14H,3-5,8-9,11H2,1-2H3. The van der Waals surface area contributed by atoms with Gasteiger partial charge in [-0.15, -0.1) is 0 Å². The van der Waals surface area contributed by atoms with Crippen molar-refractivity contribution in [3.63, 3.8) is 0 Å². The molecule has 0 aliphatic carbocycles. The Balaban J connectivity index is 2.07. The number of carbonyl (C=O) groups excluding carboxylic acids is 1. The van der Waals surface area contributed by atoms with Gasteiger partial charge in [-0.25, -0.2) is 0 Å². The zero-order valence-electron chi connectivity index (χ0n) is 11.5. The maximum Gasteiger partial charge on any atom is 0.150 e. The summed E-state index contributed by atoms with van der Waals surface area (Å²) in [5.74, 6) is 0.434. The molecule has 1 fully saturated rings. The Labute approximate surface area is 110 Å². The van der Waals surface area contributed by atoms with Crippen molar-refractivity contribution in [3.8, 4) is 0 Å². The second-order valence-corrected chi connectivity index (χ2v) is 5.51. The van der Waals surface area contributed by atoms with Crippen molar-refractivity contribution < 1.29 is 4.79 Å². The molecule has 98 valence electrons. The third-order valence-electron chi connectivity index (χ3n) is 3.88. The summed E-state index contributed by atoms with van der Waals surface area (Å²) >= 11 is 0. The molecule has 1 aromatic carbocycles. The van der Waals surface area contributed by atoms with Gasteiger partial charge in [0.15, 0.2) is 0 Å². The maximum atomic E-state index is 11.2. The van der Waals surface area contributed by atoms with Gasteiger partial charge < -0.3 is 4.90 Å². The molecule has 2 rings (SSSR count). The fourth-order valence-electron chi connectivity index (χ4n) is 2.87. The zero-order chi connectivity index (χ0) is 13.0. The minimum Gasteiger partial charge on any atom is -0.303 e. The van der Waals surface area contributed by atoms with Crippen LogP contribution in [0.2, 0.25) is 0 Å². The van der Waals surface area contributed by atoms with Crippen LogP contribution >= 0.6 is 0 Å². The zero-order valence-corrected chi connectivity index (χ0v) is 11.5. The molecular weight excluding hydrogens is 222 g/mol. The third kappa shape index (κ3) is 3.20. The summed E-state index contributed by atoms with van der Waals surface area (Å²) in [7, 11) is 0. The third-order valence-corrected chi connectivity index (χ3v) is 3.88. The highest BCUT2D eigenvalue weighted by molar-refractivity contribution is 5.78. The molecule has 1 atom stereocenters. The van der Waals surface area contributed by atoms with E-state index in [1.807, 2.05) is 13.0 Å². The molecule has 0 saturated carbocycles. The van der Waals surface area contributed by atoms with E-state index in [2.05, 4.69) is 24.0 Å². The van der Waals surface area contributed by atoms with Gasteiger partial charge in [0.05, 0.1) is 0 Å². The molecule has 1 aliphatic rings. The van der Waals surface area contributed by atoms with Crippen molar-refractivity contribution in [2.75, 3.05) is 19.6 Å². The number of carbonyl (C=O) groups is 1. The van der Waals surface area contributed by atoms with Crippen LogP contribution in [0.4, 0.5) is 0 Å². The lowest BCUT2D eigenvalue weighted by Crippen LogP contribution is -2.33. The Morgan fingerprint density at radius 1 is 1.28 bits per heavy atom. The van der Waals surface area contributed by atoms with Crippen LogP contribution in [0.25, 0.3) is 0 Å². The normalized spacial score (nSPS) is 18.6. The maximum absolute atomic E-state index is 11.2. The SMILES string of the molecule is Cc1ccc(C(C)CN2CCCCC2)c(C=O)c1. The van der Waals surface area contributed by atoms with E-state index in [1.54, 1.807) is 0 Å². The highest BCUT2D eigenvalue weighted by Gasteiger charge is 2.16. The Kier molecular flexibility index (Phi) is 4.54. The number of rotatable bonds is 4. The summed E-state index contributed by atoms with van der Waals surface area (Å²) in [5, 5.41) is 0. The number of hydrogen-bond acceptors (Lipinski definition) is 2. The van der Waals surface area contributed by atoms with Crippen molar-refractivity contribution in [2.24, 2.45) is 0 Å². The first-order chi connectivity index (χ1) is 8.70. The summed E-state index contributed by atoms with van der Waals surface area (Å²) in [5.41, 5.74) is 3.21. The van der Waals surface area contributed by atoms with Gasteiger partial charge in [0.25, 0.3) is 0 Å². The van der Waals surface area contributed by atoms with Gasteiger partial charge in [0, 0.05) is 12.1 Å². The molecule has 0 aromatic heterocycles. The Morgan fingerprint density at radius 3 is 2.67 bits per heavy atom. The molecule has 18 heavy (non-hydrogen) atoms. The summed E-state index contributed by atoms with van der Waals surface area (Å²) < 4.78 is 0. The molecule has 1 unspecified atom stereocenters. The predicted octanol–water partition coefficient (Wildman–Crippen LogP) is 3.40. The van der Waals surface area contributed by atoms with Crippen molar-refractivity contribution in [3.05, 3.63) is 34.9 Å². The van der Waals surface area contributed by atoms with E-state index in [0.717, 1.165) is 24.0 Å². The van der Waals surface area contributed by atoms with E-state index in [4.69, 9.17) is 0 Å². The van der Waals surface area contributed by atoms with Crippen LogP contribution < -0.4 is 0 Å². The van der Waals surface area contributed by atoms with Gasteiger partial charge in [-0.05, 0) is 50.4 Å². The number of likely N-dealkylation sites (tertiary alicyclic amines) is 1. The van der Waals surface area contributed by atoms with Crippen molar-refractivity contribution in [1.29, 1.82) is 0 Å². The van der Waals surface area contributed by atoms with Crippen LogP contribution in [-0.2, 0) is 0 Å². The summed E-state index contributed by atoms with van der Waals surface area (Å²) in [6.07, 6.45) is 5.01. The van der Waals surface area contributed by atoms with Gasteiger partial charge in [-0.2, -0.15) is 0 Å². The van der Waals surface area contributed by atoms with Gasteiger partial charge in [-0.3, -0.25) is 4.79 Å². The first kappa shape index (κ1) is 13.3. The van der Waals surface area contributed by atoms with Crippen LogP contribution in [-0.4, -0.2) is 30.8 Å². The molecule has 0 radical (unpaired) electrons. The highest BCUT2D eigenvalue weighted by Crippen LogP contribution is 2.22. The molecule has 1 aromatic rings. The minimum atomic E-state index is 0.434. The second-order valence-electron chi connectivity index (χ2n) is 5.51. The monoisotopic (exact) mass is 245 g/mol. The first-order valence-corrected chi connectivity index (χ1v) is 6.99. The summed E-state index contributed by atoms with van der Waals surface area (Å²) in [4.78, 5) is 13.7. The number of aldehydes is 1. The van der Waals surface area contributed by atoms with Gasteiger partial charge in [0.1, 0.15) is 6.29 Å². The van der Waals surface area contributed by atoms with Gasteiger partial charge in [0.2, 0.25) is 0 Å². The van der Waals surface area contributed by atoms with Crippen molar-refractivity contribution in [2.45, 2.75) is 39.0 Å². The molecule has 2 nitrogen and oxygen atoms in total. The molecule has 1 aliphatic heterocycles. The Bertz CT molecular complexity index is 408. The van der Waals surface area contributed by atoms with Crippen LogP contribution in [0.15, 0.2) is 18.2 Å². The van der Waals surface area contributed by atoms with E-state index < -0.39 is 0 Å². The van der Waals surface area contributed by atoms with Crippen LogP contribution in [0.3, 0.4) is 0 Å². The molecule has 0 amide bonds. The van der Waals surface area contributed by atoms with Crippen molar-refractivity contribution in [1.82, 2.24) is 4.90 Å². The molecule has 1 heterocycles. The Hall–Kier alpha value is -1.15. The van der Waals surface area contributed by atoms with E-state index in [-0.39, 0.29) is 0 Å². The van der Waals surface area contributed by atoms with Crippen molar-refractivity contribution >= 4 is 6.29 Å². The lowest BCUT2D eigenvalue weighted by atomic mass is 9.94. The smallest absolute Gasteiger partial charge is 0.150 e.